The molecule has 3 amide bonds. The van der Waals surface area contributed by atoms with Crippen molar-refractivity contribution in [3.63, 3.8) is 0 Å². The Morgan fingerprint density at radius 1 is 1.40 bits per heavy atom. The summed E-state index contributed by atoms with van der Waals surface area (Å²) in [6.45, 7) is 4.60. The van der Waals surface area contributed by atoms with Crippen molar-refractivity contribution < 1.29 is 19.1 Å². The summed E-state index contributed by atoms with van der Waals surface area (Å²) < 4.78 is 9.44. The number of nitrogens with two attached hydrogens (primary N) is 2. The number of carbonyl (C=O) groups excluding carboxylic acids is 3. The second-order valence-electron chi connectivity index (χ2n) is 7.21. The van der Waals surface area contributed by atoms with E-state index >= 15 is 0 Å². The smallest absolute Gasteiger partial charge is 0.272 e. The van der Waals surface area contributed by atoms with Gasteiger partial charge in [-0.25, -0.2) is 0 Å². The maximum atomic E-state index is 13.4. The number of aryl methyl sites for hydroxylation is 1. The highest BCUT2D eigenvalue weighted by Crippen LogP contribution is 2.28. The van der Waals surface area contributed by atoms with E-state index in [9.17, 15) is 14.4 Å². The van der Waals surface area contributed by atoms with Crippen LogP contribution in [-0.4, -0.2) is 47.4 Å². The van der Waals surface area contributed by atoms with Crippen molar-refractivity contribution in [3.05, 3.63) is 40.4 Å². The highest BCUT2D eigenvalue weighted by atomic mass is 32.1. The maximum Gasteiger partial charge on any atom is 0.272 e. The number of nitrogens with zero attached hydrogens (tertiary/aromatic N) is 2. The quantitative estimate of drug-likeness (QED) is 0.606. The first kappa shape index (κ1) is 21.7. The minimum atomic E-state index is -0.834. The van der Waals surface area contributed by atoms with Crippen LogP contribution in [0, 0.1) is 6.92 Å². The molecule has 2 aromatic rings. The SMILES string of the molecule is Cc1cccc(N(C(=O)c2snc(C(N)=O)c2N)[C@H](C)C(=O)NC[C@@H]2CCCO2)c1. The molecule has 1 aromatic carbocycles. The molecule has 0 bridgehead atoms. The Morgan fingerprint density at radius 2 is 2.17 bits per heavy atom. The predicted octanol–water partition coefficient (Wildman–Crippen LogP) is 1.46. The first-order valence-corrected chi connectivity index (χ1v) is 10.4. The highest BCUT2D eigenvalue weighted by Gasteiger charge is 2.32. The van der Waals surface area contributed by atoms with Gasteiger partial charge in [-0.2, -0.15) is 4.37 Å². The summed E-state index contributed by atoms with van der Waals surface area (Å²) in [6.07, 6.45) is 1.85. The normalized spacial score (nSPS) is 16.8. The zero-order chi connectivity index (χ0) is 21.8. The number of hydrogen-bond acceptors (Lipinski definition) is 7. The Labute approximate surface area is 178 Å². The molecule has 30 heavy (non-hydrogen) atoms. The van der Waals surface area contributed by atoms with Crippen LogP contribution in [0.3, 0.4) is 0 Å². The average molecular weight is 432 g/mol. The molecule has 0 spiro atoms. The number of nitrogens with one attached hydrogen (secondary N) is 1. The van der Waals surface area contributed by atoms with Crippen LogP contribution >= 0.6 is 11.5 Å². The lowest BCUT2D eigenvalue weighted by molar-refractivity contribution is -0.122. The molecule has 9 nitrogen and oxygen atoms in total. The molecule has 5 N–H and O–H groups in total. The largest absolute Gasteiger partial charge is 0.395 e. The molecule has 0 aliphatic carbocycles. The number of ether oxygens (including phenoxy) is 1. The van der Waals surface area contributed by atoms with Gasteiger partial charge in [-0.3, -0.25) is 19.3 Å². The minimum absolute atomic E-state index is 0.0143. The standard InChI is InChI=1S/C20H25N5O4S/c1-11-5-3-6-13(9-11)25(12(2)19(27)23-10-14-7-4-8-29-14)20(28)17-15(21)16(18(22)26)24-30-17/h3,5-6,9,12,14H,4,7-8,10,21H2,1-2H3,(H2,22,26)(H,23,27)/t12-,14+/m1/s1. The Morgan fingerprint density at radius 3 is 2.77 bits per heavy atom. The molecule has 1 aromatic heterocycles. The molecule has 0 unspecified atom stereocenters. The number of primary amides is 1. The van der Waals surface area contributed by atoms with Crippen LogP contribution in [0.1, 0.15) is 45.5 Å². The van der Waals surface area contributed by atoms with Gasteiger partial charge in [-0.1, -0.05) is 12.1 Å². The highest BCUT2D eigenvalue weighted by molar-refractivity contribution is 7.09. The van der Waals surface area contributed by atoms with Crippen molar-refractivity contribution in [2.24, 2.45) is 5.73 Å². The zero-order valence-electron chi connectivity index (χ0n) is 16.9. The molecule has 1 saturated heterocycles. The molecular formula is C20H25N5O4S. The number of nitrogen functional groups attached to an aromatic ring is 1. The van der Waals surface area contributed by atoms with Gasteiger partial charge in [-0.15, -0.1) is 0 Å². The van der Waals surface area contributed by atoms with E-state index in [0.29, 0.717) is 18.8 Å². The van der Waals surface area contributed by atoms with Crippen LogP contribution in [0.25, 0.3) is 0 Å². The van der Waals surface area contributed by atoms with E-state index < -0.39 is 17.9 Å². The molecule has 1 aliphatic rings. The summed E-state index contributed by atoms with van der Waals surface area (Å²) in [7, 11) is 0. The van der Waals surface area contributed by atoms with Gasteiger partial charge in [-0.05, 0) is 55.9 Å². The fraction of sp³-hybridized carbons (Fsp3) is 0.400. The van der Waals surface area contributed by atoms with Crippen LogP contribution in [0.5, 0.6) is 0 Å². The van der Waals surface area contributed by atoms with Crippen LogP contribution in [0.4, 0.5) is 11.4 Å². The number of hydrogen-bond donors (Lipinski definition) is 3. The molecule has 0 saturated carbocycles. The van der Waals surface area contributed by atoms with Crippen molar-refractivity contribution in [1.29, 1.82) is 0 Å². The molecule has 1 aliphatic heterocycles. The summed E-state index contributed by atoms with van der Waals surface area (Å²) in [5, 5.41) is 2.86. The van der Waals surface area contributed by atoms with Crippen molar-refractivity contribution in [2.75, 3.05) is 23.8 Å². The molecule has 1 fully saturated rings. The fourth-order valence-electron chi connectivity index (χ4n) is 3.32. The molecule has 10 heteroatoms. The van der Waals surface area contributed by atoms with E-state index in [4.69, 9.17) is 16.2 Å². The van der Waals surface area contributed by atoms with Gasteiger partial charge >= 0.3 is 0 Å². The lowest BCUT2D eigenvalue weighted by Gasteiger charge is -2.29. The number of aromatic nitrogens is 1. The monoisotopic (exact) mass is 431 g/mol. The van der Waals surface area contributed by atoms with Crippen molar-refractivity contribution in [1.82, 2.24) is 9.69 Å². The summed E-state index contributed by atoms with van der Waals surface area (Å²) in [5.74, 6) is -1.66. The molecular weight excluding hydrogens is 406 g/mol. The first-order valence-electron chi connectivity index (χ1n) is 9.64. The number of anilines is 2. The van der Waals surface area contributed by atoms with Gasteiger partial charge in [0.05, 0.1) is 11.8 Å². The lowest BCUT2D eigenvalue weighted by Crippen LogP contribution is -2.49. The van der Waals surface area contributed by atoms with Crippen LogP contribution in [-0.2, 0) is 9.53 Å². The number of carbonyl (C=O) groups is 3. The second-order valence-corrected chi connectivity index (χ2v) is 7.98. The Bertz CT molecular complexity index is 954. The van der Waals surface area contributed by atoms with Gasteiger partial charge in [0.25, 0.3) is 11.8 Å². The Balaban J connectivity index is 1.89. The van der Waals surface area contributed by atoms with Crippen LogP contribution in [0.15, 0.2) is 24.3 Å². The van der Waals surface area contributed by atoms with E-state index in [0.717, 1.165) is 29.9 Å². The van der Waals surface area contributed by atoms with Gasteiger partial charge < -0.3 is 21.5 Å². The first-order chi connectivity index (χ1) is 14.3. The van der Waals surface area contributed by atoms with E-state index in [1.54, 1.807) is 25.1 Å². The third kappa shape index (κ3) is 4.60. The fourth-order valence-corrected chi connectivity index (χ4v) is 4.06. The molecule has 0 radical (unpaired) electrons. The third-order valence-corrected chi connectivity index (χ3v) is 5.80. The number of amides is 3. The lowest BCUT2D eigenvalue weighted by atomic mass is 10.1. The van der Waals surface area contributed by atoms with E-state index in [-0.39, 0.29) is 28.3 Å². The van der Waals surface area contributed by atoms with Crippen LogP contribution < -0.4 is 21.7 Å². The average Bonchev–Trinajstić information content (AvgIpc) is 3.35. The molecule has 2 heterocycles. The molecule has 3 rings (SSSR count). The van der Waals surface area contributed by atoms with Crippen molar-refractivity contribution in [2.45, 2.75) is 38.8 Å². The number of benzene rings is 1. The van der Waals surface area contributed by atoms with Gasteiger partial charge in [0.2, 0.25) is 5.91 Å². The topological polar surface area (TPSA) is 141 Å². The summed E-state index contributed by atoms with van der Waals surface area (Å²) in [6, 6.07) is 6.39. The van der Waals surface area contributed by atoms with Gasteiger partial charge in [0, 0.05) is 18.8 Å². The van der Waals surface area contributed by atoms with Crippen molar-refractivity contribution in [3.8, 4) is 0 Å². The third-order valence-electron chi connectivity index (χ3n) is 4.95. The zero-order valence-corrected chi connectivity index (χ0v) is 17.7. The van der Waals surface area contributed by atoms with Gasteiger partial charge in [0.1, 0.15) is 10.9 Å². The Kier molecular flexibility index (Phi) is 6.68. The van der Waals surface area contributed by atoms with Crippen molar-refractivity contribution >= 4 is 40.6 Å². The van der Waals surface area contributed by atoms with E-state index in [1.165, 1.54) is 4.90 Å². The molecule has 160 valence electrons. The van der Waals surface area contributed by atoms with E-state index in [2.05, 4.69) is 9.69 Å². The Hall–Kier alpha value is -2.98. The maximum absolute atomic E-state index is 13.4. The number of rotatable bonds is 7. The van der Waals surface area contributed by atoms with E-state index in [1.807, 2.05) is 13.0 Å². The van der Waals surface area contributed by atoms with Gasteiger partial charge in [0.15, 0.2) is 5.69 Å². The summed E-state index contributed by atoms with van der Waals surface area (Å²) >= 11 is 0.784. The second kappa shape index (κ2) is 9.23. The summed E-state index contributed by atoms with van der Waals surface area (Å²) in [5.41, 5.74) is 12.4. The minimum Gasteiger partial charge on any atom is -0.395 e. The predicted molar refractivity (Wildman–Crippen MR) is 114 cm³/mol. The molecule has 2 atom stereocenters. The van der Waals surface area contributed by atoms with Crippen LogP contribution in [0.2, 0.25) is 0 Å². The summed E-state index contributed by atoms with van der Waals surface area (Å²) in [4.78, 5) is 39.1.